The number of ether oxygens (including phenoxy) is 3. The molecule has 0 saturated carbocycles. The smallest absolute Gasteiger partial charge is 0.269 e. The van der Waals surface area contributed by atoms with Crippen molar-refractivity contribution in [3.63, 3.8) is 0 Å². The molecule has 0 amide bonds. The van der Waals surface area contributed by atoms with Crippen LogP contribution in [0.5, 0.6) is 17.2 Å². The van der Waals surface area contributed by atoms with Gasteiger partial charge in [-0.3, -0.25) is 20.2 Å². The van der Waals surface area contributed by atoms with Gasteiger partial charge in [-0.15, -0.1) is 0 Å². The fourth-order valence-electron chi connectivity index (χ4n) is 3.55. The zero-order valence-electron chi connectivity index (χ0n) is 21.1. The topological polar surface area (TPSA) is 131 Å². The van der Waals surface area contributed by atoms with Crippen LogP contribution < -0.4 is 14.2 Å². The van der Waals surface area contributed by atoms with Crippen LogP contribution in [-0.2, 0) is 24.0 Å². The molecule has 204 valence electrons. The number of nitro groups is 2. The lowest BCUT2D eigenvalue weighted by molar-refractivity contribution is -0.385. The van der Waals surface area contributed by atoms with Crippen LogP contribution in [0.3, 0.4) is 0 Å². The highest BCUT2D eigenvalue weighted by atomic mass is 32.2. The third kappa shape index (κ3) is 7.51. The van der Waals surface area contributed by atoms with Crippen molar-refractivity contribution in [2.24, 2.45) is 0 Å². The minimum Gasteiger partial charge on any atom is -0.489 e. The molecule has 4 rings (SSSR count). The second-order valence-electron chi connectivity index (χ2n) is 8.43. The number of hydrogen-bond donors (Lipinski definition) is 0. The molecule has 0 fully saturated rings. The number of hydrogen-bond acceptors (Lipinski definition) is 8. The fraction of sp³-hybridized carbons (Fsp3) is 0.103. The molecule has 0 radical (unpaired) electrons. The summed E-state index contributed by atoms with van der Waals surface area (Å²) in [6, 6.07) is 25.8. The van der Waals surface area contributed by atoms with Gasteiger partial charge in [0.15, 0.2) is 0 Å². The summed E-state index contributed by atoms with van der Waals surface area (Å²) >= 11 is 0. The summed E-state index contributed by atoms with van der Waals surface area (Å²) < 4.78 is 30.4. The largest absolute Gasteiger partial charge is 0.489 e. The molecule has 1 unspecified atom stereocenters. The molecule has 4 aromatic carbocycles. The summed E-state index contributed by atoms with van der Waals surface area (Å²) in [5.41, 5.74) is 1.35. The van der Waals surface area contributed by atoms with Crippen LogP contribution in [0.2, 0.25) is 0 Å². The normalized spacial score (nSPS) is 11.3. The van der Waals surface area contributed by atoms with Crippen LogP contribution in [-0.4, -0.2) is 20.7 Å². The van der Waals surface area contributed by atoms with Gasteiger partial charge in [-0.1, -0.05) is 30.8 Å². The highest BCUT2D eigenvalue weighted by molar-refractivity contribution is 7.89. The van der Waals surface area contributed by atoms with E-state index in [4.69, 9.17) is 14.2 Å². The van der Waals surface area contributed by atoms with Gasteiger partial charge in [0.2, 0.25) is 0 Å². The maximum absolute atomic E-state index is 12.8. The molecule has 10 nitrogen and oxygen atoms in total. The summed E-state index contributed by atoms with van der Waals surface area (Å²) in [6.45, 7) is 4.17. The summed E-state index contributed by atoms with van der Waals surface area (Å²) in [5.74, 6) is 1.38. The minimum absolute atomic E-state index is 0.00464. The molecule has 0 aliphatic heterocycles. The number of benzene rings is 4. The monoisotopic (exact) mass is 560 g/mol. The Morgan fingerprint density at radius 1 is 0.725 bits per heavy atom. The van der Waals surface area contributed by atoms with E-state index in [1.165, 1.54) is 48.5 Å². The Balaban J connectivity index is 1.47. The molecule has 0 aliphatic carbocycles. The molecular weight excluding hydrogens is 536 g/mol. The standard InChI is InChI=1S/C29H24N2O8S/c1-21(40(36)28-5-3-2-4-6-28)18-39-29-16-7-22(19-37-26-12-8-24(9-13-26)30(32)33)17-23(29)20-38-27-14-10-25(11-15-27)31(34)35/h2-17H,1,18-20H2. The third-order valence-electron chi connectivity index (χ3n) is 5.63. The predicted octanol–water partition coefficient (Wildman–Crippen LogP) is 6.36. The Bertz CT molecular complexity index is 1520. The molecule has 0 saturated heterocycles. The van der Waals surface area contributed by atoms with E-state index in [2.05, 4.69) is 6.58 Å². The molecule has 40 heavy (non-hydrogen) atoms. The van der Waals surface area contributed by atoms with Gasteiger partial charge in [0.05, 0.1) is 25.6 Å². The van der Waals surface area contributed by atoms with E-state index >= 15 is 0 Å². The molecule has 0 bridgehead atoms. The quantitative estimate of drug-likeness (QED) is 0.136. The van der Waals surface area contributed by atoms with E-state index in [0.29, 0.717) is 32.6 Å². The van der Waals surface area contributed by atoms with E-state index < -0.39 is 20.6 Å². The maximum atomic E-state index is 12.8. The first-order valence-corrected chi connectivity index (χ1v) is 13.1. The molecular formula is C29H24N2O8S. The Hall–Kier alpha value is -5.03. The van der Waals surface area contributed by atoms with Crippen LogP contribution in [0.15, 0.2) is 113 Å². The summed E-state index contributed by atoms with van der Waals surface area (Å²) in [7, 11) is -1.45. The Morgan fingerprint density at radius 2 is 1.27 bits per heavy atom. The predicted molar refractivity (Wildman–Crippen MR) is 149 cm³/mol. The Kier molecular flexibility index (Phi) is 9.21. The Morgan fingerprint density at radius 3 is 1.82 bits per heavy atom. The SMILES string of the molecule is C=C(COc1ccc(COc2ccc([N+](=O)[O-])cc2)cc1COc1ccc([N+](=O)[O-])cc1)S(=O)c1ccccc1. The zero-order valence-corrected chi connectivity index (χ0v) is 22.0. The average molecular weight is 561 g/mol. The third-order valence-corrected chi connectivity index (χ3v) is 6.97. The van der Waals surface area contributed by atoms with Gasteiger partial charge in [0.25, 0.3) is 11.4 Å². The maximum Gasteiger partial charge on any atom is 0.269 e. The molecule has 0 spiro atoms. The van der Waals surface area contributed by atoms with Gasteiger partial charge in [0.1, 0.15) is 37.1 Å². The van der Waals surface area contributed by atoms with Gasteiger partial charge in [0, 0.05) is 34.7 Å². The molecule has 0 aliphatic rings. The van der Waals surface area contributed by atoms with E-state index in [1.54, 1.807) is 36.4 Å². The minimum atomic E-state index is -1.45. The molecule has 0 aromatic heterocycles. The van der Waals surface area contributed by atoms with Crippen molar-refractivity contribution in [3.05, 3.63) is 140 Å². The van der Waals surface area contributed by atoms with Gasteiger partial charge < -0.3 is 14.2 Å². The first-order chi connectivity index (χ1) is 19.3. The van der Waals surface area contributed by atoms with Crippen molar-refractivity contribution in [2.45, 2.75) is 18.1 Å². The zero-order chi connectivity index (χ0) is 28.5. The second-order valence-corrected chi connectivity index (χ2v) is 10.0. The van der Waals surface area contributed by atoms with Gasteiger partial charge in [-0.2, -0.15) is 0 Å². The van der Waals surface area contributed by atoms with E-state index in [-0.39, 0.29) is 31.2 Å². The molecule has 4 aromatic rings. The van der Waals surface area contributed by atoms with Crippen molar-refractivity contribution in [2.75, 3.05) is 6.61 Å². The van der Waals surface area contributed by atoms with Crippen LogP contribution in [0.1, 0.15) is 11.1 Å². The number of nitro benzene ring substituents is 2. The first kappa shape index (κ1) is 28.0. The van der Waals surface area contributed by atoms with Crippen molar-refractivity contribution in [1.82, 2.24) is 0 Å². The van der Waals surface area contributed by atoms with Crippen molar-refractivity contribution < 1.29 is 28.3 Å². The van der Waals surface area contributed by atoms with E-state index in [1.807, 2.05) is 12.1 Å². The molecule has 11 heteroatoms. The van der Waals surface area contributed by atoms with Crippen molar-refractivity contribution in [1.29, 1.82) is 0 Å². The van der Waals surface area contributed by atoms with Crippen LogP contribution >= 0.6 is 0 Å². The highest BCUT2D eigenvalue weighted by Crippen LogP contribution is 2.26. The van der Waals surface area contributed by atoms with Gasteiger partial charge in [-0.05, 0) is 54.1 Å². The summed E-state index contributed by atoms with van der Waals surface area (Å²) in [6.07, 6.45) is 0. The molecule has 0 heterocycles. The summed E-state index contributed by atoms with van der Waals surface area (Å²) in [4.78, 5) is 21.8. The molecule has 0 N–H and O–H groups in total. The average Bonchev–Trinajstić information content (AvgIpc) is 2.98. The van der Waals surface area contributed by atoms with Crippen LogP contribution in [0, 0.1) is 20.2 Å². The number of nitrogens with zero attached hydrogens (tertiary/aromatic N) is 2. The number of non-ortho nitro benzene ring substituents is 2. The lowest BCUT2D eigenvalue weighted by Crippen LogP contribution is -2.09. The second kappa shape index (κ2) is 13.2. The van der Waals surface area contributed by atoms with Crippen molar-refractivity contribution in [3.8, 4) is 17.2 Å². The summed E-state index contributed by atoms with van der Waals surface area (Å²) in [5, 5.41) is 21.8. The highest BCUT2D eigenvalue weighted by Gasteiger charge is 2.13. The number of rotatable bonds is 13. The van der Waals surface area contributed by atoms with E-state index in [0.717, 1.165) is 5.56 Å². The lowest BCUT2D eigenvalue weighted by atomic mass is 10.1. The Labute approximate surface area is 232 Å². The van der Waals surface area contributed by atoms with Gasteiger partial charge in [-0.25, -0.2) is 4.21 Å². The van der Waals surface area contributed by atoms with Crippen molar-refractivity contribution >= 4 is 22.2 Å². The van der Waals surface area contributed by atoms with Crippen LogP contribution in [0.25, 0.3) is 0 Å². The first-order valence-electron chi connectivity index (χ1n) is 11.9. The fourth-order valence-corrected chi connectivity index (χ4v) is 4.46. The van der Waals surface area contributed by atoms with E-state index in [9.17, 15) is 24.4 Å². The van der Waals surface area contributed by atoms with Gasteiger partial charge >= 0.3 is 0 Å². The lowest BCUT2D eigenvalue weighted by Gasteiger charge is -2.15. The molecule has 1 atom stereocenters. The van der Waals surface area contributed by atoms with Crippen LogP contribution in [0.4, 0.5) is 11.4 Å².